The minimum absolute atomic E-state index is 0.406. The maximum atomic E-state index is 4.73. The van der Waals surface area contributed by atoms with Gasteiger partial charge in [0.25, 0.3) is 0 Å². The van der Waals surface area contributed by atoms with E-state index in [0.717, 1.165) is 29.6 Å². The highest BCUT2D eigenvalue weighted by molar-refractivity contribution is 9.10. The Hall–Kier alpha value is -2.19. The van der Waals surface area contributed by atoms with Gasteiger partial charge in [0, 0.05) is 5.92 Å². The lowest BCUT2D eigenvalue weighted by Gasteiger charge is -2.24. The highest BCUT2D eigenvalue weighted by atomic mass is 79.9. The van der Waals surface area contributed by atoms with Crippen LogP contribution in [0.3, 0.4) is 0 Å². The van der Waals surface area contributed by atoms with Crippen LogP contribution in [-0.2, 0) is 6.42 Å². The molecule has 2 heteroatoms. The molecule has 0 saturated carbocycles. The minimum atomic E-state index is 0.406. The van der Waals surface area contributed by atoms with Crippen LogP contribution in [0.2, 0.25) is 0 Å². The number of fused-ring (bicyclic) bond motifs is 3. The third-order valence-corrected chi connectivity index (χ3v) is 6.59. The molecule has 0 spiro atoms. The highest BCUT2D eigenvalue weighted by Crippen LogP contribution is 2.47. The Bertz CT molecular complexity index is 1080. The molecule has 1 aromatic heterocycles. The van der Waals surface area contributed by atoms with E-state index in [-0.39, 0.29) is 0 Å². The molecule has 134 valence electrons. The van der Waals surface area contributed by atoms with Crippen molar-refractivity contribution in [3.63, 3.8) is 0 Å². The molecular weight excluding hydrogens is 394 g/mol. The zero-order valence-corrected chi connectivity index (χ0v) is 17.3. The normalized spacial score (nSPS) is 20.0. The molecule has 27 heavy (non-hydrogen) atoms. The summed E-state index contributed by atoms with van der Waals surface area (Å²) in [4.78, 5) is 4.73. The first kappa shape index (κ1) is 16.9. The van der Waals surface area contributed by atoms with Gasteiger partial charge in [-0.15, -0.1) is 0 Å². The van der Waals surface area contributed by atoms with E-state index >= 15 is 0 Å². The van der Waals surface area contributed by atoms with Crippen molar-refractivity contribution in [1.29, 1.82) is 0 Å². The van der Waals surface area contributed by atoms with Crippen molar-refractivity contribution in [2.45, 2.75) is 39.0 Å². The summed E-state index contributed by atoms with van der Waals surface area (Å²) in [7, 11) is 0. The van der Waals surface area contributed by atoms with Crippen molar-refractivity contribution >= 4 is 28.1 Å². The summed E-state index contributed by atoms with van der Waals surface area (Å²) in [5, 5.41) is 0. The number of benzene rings is 1. The monoisotopic (exact) mass is 415 g/mol. The predicted molar refractivity (Wildman–Crippen MR) is 116 cm³/mol. The highest BCUT2D eigenvalue weighted by Gasteiger charge is 2.30. The van der Waals surface area contributed by atoms with Crippen molar-refractivity contribution in [2.75, 3.05) is 0 Å². The molecule has 1 unspecified atom stereocenters. The molecule has 5 rings (SSSR count). The Morgan fingerprint density at radius 1 is 1.04 bits per heavy atom. The van der Waals surface area contributed by atoms with Crippen LogP contribution in [0, 0.1) is 0 Å². The van der Waals surface area contributed by atoms with Crippen molar-refractivity contribution in [1.82, 2.24) is 4.98 Å². The second kappa shape index (κ2) is 6.45. The van der Waals surface area contributed by atoms with Crippen LogP contribution in [0.25, 0.3) is 12.2 Å². The maximum absolute atomic E-state index is 4.73. The number of aromatic nitrogens is 1. The summed E-state index contributed by atoms with van der Waals surface area (Å²) in [5.74, 6) is 0.406. The molecule has 0 amide bonds. The number of hydrogen-bond donors (Lipinski definition) is 0. The van der Waals surface area contributed by atoms with E-state index < -0.39 is 0 Å². The van der Waals surface area contributed by atoms with Gasteiger partial charge in [-0.25, -0.2) is 4.98 Å². The van der Waals surface area contributed by atoms with Gasteiger partial charge in [0.1, 0.15) is 4.60 Å². The van der Waals surface area contributed by atoms with E-state index in [4.69, 9.17) is 4.98 Å². The molecule has 3 aliphatic carbocycles. The second-order valence-electron chi connectivity index (χ2n) is 7.83. The molecule has 0 N–H and O–H groups in total. The molecule has 1 nitrogen and oxygen atoms in total. The maximum Gasteiger partial charge on any atom is 0.106 e. The van der Waals surface area contributed by atoms with Crippen LogP contribution in [-0.4, -0.2) is 4.98 Å². The summed E-state index contributed by atoms with van der Waals surface area (Å²) in [6, 6.07) is 13.0. The van der Waals surface area contributed by atoms with E-state index in [1.807, 2.05) is 0 Å². The first-order chi connectivity index (χ1) is 13.1. The van der Waals surface area contributed by atoms with E-state index in [9.17, 15) is 0 Å². The zero-order chi connectivity index (χ0) is 18.5. The van der Waals surface area contributed by atoms with Crippen LogP contribution in [0.4, 0.5) is 0 Å². The first-order valence-corrected chi connectivity index (χ1v) is 10.5. The third kappa shape index (κ3) is 2.87. The Labute approximate surface area is 169 Å². The number of allylic oxidation sites excluding steroid dienone is 6. The summed E-state index contributed by atoms with van der Waals surface area (Å²) in [5.41, 5.74) is 12.7. The summed E-state index contributed by atoms with van der Waals surface area (Å²) in [6.07, 6.45) is 10.4. The summed E-state index contributed by atoms with van der Waals surface area (Å²) in [6.45, 7) is 4.57. The second-order valence-corrected chi connectivity index (χ2v) is 8.64. The number of nitrogens with zero attached hydrogens (tertiary/aromatic N) is 1. The van der Waals surface area contributed by atoms with Crippen molar-refractivity contribution < 1.29 is 0 Å². The Balaban J connectivity index is 1.41. The minimum Gasteiger partial charge on any atom is -0.241 e. The third-order valence-electron chi connectivity index (χ3n) is 6.15. The molecule has 0 radical (unpaired) electrons. The van der Waals surface area contributed by atoms with E-state index in [0.29, 0.717) is 5.92 Å². The molecular formula is C25H22BrN. The molecule has 0 saturated heterocycles. The van der Waals surface area contributed by atoms with Gasteiger partial charge < -0.3 is 0 Å². The van der Waals surface area contributed by atoms with Gasteiger partial charge in [-0.2, -0.15) is 0 Å². The van der Waals surface area contributed by atoms with Crippen LogP contribution in [0.1, 0.15) is 55.0 Å². The van der Waals surface area contributed by atoms with E-state index in [1.54, 1.807) is 5.57 Å². The van der Waals surface area contributed by atoms with Crippen molar-refractivity contribution in [2.24, 2.45) is 0 Å². The van der Waals surface area contributed by atoms with Gasteiger partial charge in [0.15, 0.2) is 0 Å². The summed E-state index contributed by atoms with van der Waals surface area (Å²) >= 11 is 3.53. The molecule has 0 aliphatic heterocycles. The Kier molecular flexibility index (Phi) is 4.05. The number of hydrogen-bond acceptors (Lipinski definition) is 1. The van der Waals surface area contributed by atoms with Crippen LogP contribution in [0.15, 0.2) is 74.9 Å². The quantitative estimate of drug-likeness (QED) is 0.490. The van der Waals surface area contributed by atoms with Crippen molar-refractivity contribution in [3.05, 3.63) is 97.3 Å². The molecule has 1 heterocycles. The van der Waals surface area contributed by atoms with Crippen LogP contribution in [0.5, 0.6) is 0 Å². The van der Waals surface area contributed by atoms with Gasteiger partial charge >= 0.3 is 0 Å². The predicted octanol–water partition coefficient (Wildman–Crippen LogP) is 7.02. The van der Waals surface area contributed by atoms with Crippen LogP contribution >= 0.6 is 15.9 Å². The lowest BCUT2D eigenvalue weighted by Crippen LogP contribution is -2.09. The first-order valence-electron chi connectivity index (χ1n) is 9.68. The topological polar surface area (TPSA) is 12.9 Å². The van der Waals surface area contributed by atoms with Gasteiger partial charge in [-0.1, -0.05) is 55.0 Å². The zero-order valence-electron chi connectivity index (χ0n) is 15.7. The lowest BCUT2D eigenvalue weighted by atomic mass is 9.81. The van der Waals surface area contributed by atoms with Crippen LogP contribution < -0.4 is 0 Å². The number of rotatable bonds is 3. The lowest BCUT2D eigenvalue weighted by molar-refractivity contribution is 0.864. The fourth-order valence-corrected chi connectivity index (χ4v) is 5.01. The molecule has 0 fully saturated rings. The number of pyridine rings is 1. The van der Waals surface area contributed by atoms with Gasteiger partial charge in [0.2, 0.25) is 0 Å². The summed E-state index contributed by atoms with van der Waals surface area (Å²) < 4.78 is 0.909. The molecule has 1 atom stereocenters. The fraction of sp³-hybridized carbons (Fsp3) is 0.240. The largest absolute Gasteiger partial charge is 0.241 e. The van der Waals surface area contributed by atoms with Crippen molar-refractivity contribution in [3.8, 4) is 0 Å². The molecule has 3 aliphatic rings. The SMILES string of the molecule is CC1=C(CCC2=Cc3ccccc3C2)C2=Cc3nc(Br)ccc3C(C)C2=C1. The molecule has 0 bridgehead atoms. The van der Waals surface area contributed by atoms with Gasteiger partial charge in [0.05, 0.1) is 5.69 Å². The average molecular weight is 416 g/mol. The average Bonchev–Trinajstić information content (AvgIpc) is 3.20. The smallest absolute Gasteiger partial charge is 0.106 e. The molecule has 2 aromatic rings. The molecule has 1 aromatic carbocycles. The standard InChI is InChI=1S/C25H22BrN/c1-15-11-22-16(2)21-9-10-25(26)27-24(21)14-23(22)20(15)8-7-17-12-18-5-3-4-6-19(18)13-17/h3-6,9-12,14,16H,7-8,13H2,1-2H3. The van der Waals surface area contributed by atoms with Gasteiger partial charge in [-0.05, 0) is 93.2 Å². The number of halogens is 1. The van der Waals surface area contributed by atoms with E-state index in [2.05, 4.69) is 84.4 Å². The fourth-order valence-electron chi connectivity index (χ4n) is 4.69. The Morgan fingerprint density at radius 3 is 2.74 bits per heavy atom. The Morgan fingerprint density at radius 2 is 1.89 bits per heavy atom. The van der Waals surface area contributed by atoms with E-state index in [1.165, 1.54) is 39.0 Å². The van der Waals surface area contributed by atoms with Gasteiger partial charge in [-0.3, -0.25) is 0 Å².